The standard InChI is InChI=1S/C17H20ClN3O2/c1-12-9-17(23-20-12)19-16(22)11-21-8-4-6-14(21)10-13-5-2-3-7-15(13)18/h2-3,5,7,9,14H,4,6,8,10-11H2,1H3,(H,19,22)/t14-/m1/s1. The number of carbonyl (C=O) groups is 1. The van der Waals surface area contributed by atoms with Crippen molar-refractivity contribution < 1.29 is 9.32 Å². The molecule has 0 bridgehead atoms. The van der Waals surface area contributed by atoms with Gasteiger partial charge in [-0.3, -0.25) is 15.0 Å². The predicted octanol–water partition coefficient (Wildman–Crippen LogP) is 3.28. The Hall–Kier alpha value is -1.85. The van der Waals surface area contributed by atoms with Gasteiger partial charge in [0, 0.05) is 17.1 Å². The summed E-state index contributed by atoms with van der Waals surface area (Å²) >= 11 is 6.25. The van der Waals surface area contributed by atoms with Crippen molar-refractivity contribution >= 4 is 23.4 Å². The van der Waals surface area contributed by atoms with Crippen LogP contribution in [0.3, 0.4) is 0 Å². The van der Waals surface area contributed by atoms with Gasteiger partial charge in [-0.1, -0.05) is 35.0 Å². The highest BCUT2D eigenvalue weighted by molar-refractivity contribution is 6.31. The van der Waals surface area contributed by atoms with Crippen molar-refractivity contribution in [3.63, 3.8) is 0 Å². The van der Waals surface area contributed by atoms with Crippen molar-refractivity contribution in [1.29, 1.82) is 0 Å². The first-order valence-corrected chi connectivity index (χ1v) is 8.20. The smallest absolute Gasteiger partial charge is 0.240 e. The minimum Gasteiger partial charge on any atom is -0.338 e. The Morgan fingerprint density at radius 1 is 1.48 bits per heavy atom. The molecule has 6 heteroatoms. The maximum Gasteiger partial charge on any atom is 0.240 e. The molecule has 1 aromatic carbocycles. The summed E-state index contributed by atoms with van der Waals surface area (Å²) in [6.45, 7) is 3.10. The molecule has 1 N–H and O–H groups in total. The van der Waals surface area contributed by atoms with Crippen LogP contribution >= 0.6 is 11.6 Å². The molecule has 0 aliphatic carbocycles. The average molecular weight is 334 g/mol. The van der Waals surface area contributed by atoms with Crippen LogP contribution in [0.4, 0.5) is 5.88 Å². The molecule has 0 saturated carbocycles. The highest BCUT2D eigenvalue weighted by atomic mass is 35.5. The van der Waals surface area contributed by atoms with Crippen LogP contribution in [-0.2, 0) is 11.2 Å². The summed E-state index contributed by atoms with van der Waals surface area (Å²) in [5.74, 6) is 0.321. The normalized spacial score (nSPS) is 18.3. The molecule has 1 aliphatic heterocycles. The largest absolute Gasteiger partial charge is 0.338 e. The summed E-state index contributed by atoms with van der Waals surface area (Å²) in [4.78, 5) is 14.4. The third-order valence-electron chi connectivity index (χ3n) is 4.15. The molecule has 0 spiro atoms. The minimum absolute atomic E-state index is 0.0767. The van der Waals surface area contributed by atoms with Gasteiger partial charge in [0.1, 0.15) is 0 Å². The van der Waals surface area contributed by atoms with Gasteiger partial charge in [0.2, 0.25) is 11.8 Å². The van der Waals surface area contributed by atoms with Gasteiger partial charge in [-0.15, -0.1) is 0 Å². The third-order valence-corrected chi connectivity index (χ3v) is 4.52. The number of anilines is 1. The molecule has 1 aliphatic rings. The second-order valence-corrected chi connectivity index (χ2v) is 6.35. The van der Waals surface area contributed by atoms with E-state index in [1.807, 2.05) is 25.1 Å². The van der Waals surface area contributed by atoms with Crippen molar-refractivity contribution in [2.24, 2.45) is 0 Å². The number of aromatic nitrogens is 1. The van der Waals surface area contributed by atoms with E-state index in [9.17, 15) is 4.79 Å². The summed E-state index contributed by atoms with van der Waals surface area (Å²) in [6.07, 6.45) is 3.05. The Kier molecular flexibility index (Phi) is 4.98. The lowest BCUT2D eigenvalue weighted by molar-refractivity contribution is -0.117. The van der Waals surface area contributed by atoms with Crippen LogP contribution in [0.2, 0.25) is 5.02 Å². The molecular weight excluding hydrogens is 314 g/mol. The molecule has 1 amide bonds. The van der Waals surface area contributed by atoms with Crippen molar-refractivity contribution in [2.75, 3.05) is 18.4 Å². The van der Waals surface area contributed by atoms with E-state index >= 15 is 0 Å². The Bertz CT molecular complexity index is 686. The molecule has 0 radical (unpaired) electrons. The molecule has 1 aromatic heterocycles. The number of benzene rings is 1. The second-order valence-electron chi connectivity index (χ2n) is 5.94. The van der Waals surface area contributed by atoms with Gasteiger partial charge in [-0.05, 0) is 44.4 Å². The summed E-state index contributed by atoms with van der Waals surface area (Å²) in [5.41, 5.74) is 1.88. The Labute approximate surface area is 140 Å². The molecule has 2 heterocycles. The molecule has 1 fully saturated rings. The molecule has 3 rings (SSSR count). The number of carbonyl (C=O) groups excluding carboxylic acids is 1. The van der Waals surface area contributed by atoms with Crippen LogP contribution in [0.5, 0.6) is 0 Å². The molecule has 23 heavy (non-hydrogen) atoms. The maximum absolute atomic E-state index is 12.2. The highest BCUT2D eigenvalue weighted by Crippen LogP contribution is 2.24. The molecule has 5 nitrogen and oxygen atoms in total. The van der Waals surface area contributed by atoms with Crippen molar-refractivity contribution in [3.8, 4) is 0 Å². The van der Waals surface area contributed by atoms with Crippen molar-refractivity contribution in [3.05, 3.63) is 46.6 Å². The first-order valence-electron chi connectivity index (χ1n) is 7.82. The number of nitrogens with one attached hydrogen (secondary N) is 1. The Morgan fingerprint density at radius 2 is 2.30 bits per heavy atom. The van der Waals surface area contributed by atoms with E-state index in [1.54, 1.807) is 6.07 Å². The van der Waals surface area contributed by atoms with Crippen molar-refractivity contribution in [1.82, 2.24) is 10.1 Å². The van der Waals surface area contributed by atoms with Gasteiger partial charge in [0.25, 0.3) is 0 Å². The number of likely N-dealkylation sites (tertiary alicyclic amines) is 1. The van der Waals surface area contributed by atoms with E-state index in [1.165, 1.54) is 0 Å². The monoisotopic (exact) mass is 333 g/mol. The zero-order valence-electron chi connectivity index (χ0n) is 13.1. The SMILES string of the molecule is Cc1cc(NC(=O)CN2CCC[C@@H]2Cc2ccccc2Cl)on1. The number of hydrogen-bond acceptors (Lipinski definition) is 4. The predicted molar refractivity (Wildman–Crippen MR) is 89.6 cm³/mol. The highest BCUT2D eigenvalue weighted by Gasteiger charge is 2.27. The molecule has 1 saturated heterocycles. The zero-order valence-corrected chi connectivity index (χ0v) is 13.8. The summed E-state index contributed by atoms with van der Waals surface area (Å²) in [6, 6.07) is 9.95. The van der Waals surface area contributed by atoms with Gasteiger partial charge in [0.15, 0.2) is 0 Å². The van der Waals surface area contributed by atoms with E-state index in [0.717, 1.165) is 42.1 Å². The lowest BCUT2D eigenvalue weighted by Crippen LogP contribution is -2.37. The lowest BCUT2D eigenvalue weighted by atomic mass is 10.0. The fourth-order valence-corrected chi connectivity index (χ4v) is 3.25. The van der Waals surface area contributed by atoms with E-state index in [0.29, 0.717) is 18.5 Å². The maximum atomic E-state index is 12.2. The van der Waals surface area contributed by atoms with Crippen LogP contribution in [0.25, 0.3) is 0 Å². The minimum atomic E-state index is -0.0767. The first kappa shape index (κ1) is 16.0. The Balaban J connectivity index is 1.58. The van der Waals surface area contributed by atoms with E-state index in [2.05, 4.69) is 21.4 Å². The zero-order chi connectivity index (χ0) is 16.2. The lowest BCUT2D eigenvalue weighted by Gasteiger charge is -2.24. The van der Waals surface area contributed by atoms with Crippen LogP contribution in [0.15, 0.2) is 34.9 Å². The topological polar surface area (TPSA) is 58.4 Å². The number of rotatable bonds is 5. The first-order chi connectivity index (χ1) is 11.1. The summed E-state index contributed by atoms with van der Waals surface area (Å²) in [5, 5.41) is 7.31. The van der Waals surface area contributed by atoms with Crippen LogP contribution < -0.4 is 5.32 Å². The average Bonchev–Trinajstić information content (AvgIpc) is 3.11. The van der Waals surface area contributed by atoms with E-state index < -0.39 is 0 Å². The summed E-state index contributed by atoms with van der Waals surface area (Å²) < 4.78 is 5.02. The van der Waals surface area contributed by atoms with Gasteiger partial charge >= 0.3 is 0 Å². The van der Waals surface area contributed by atoms with Crippen LogP contribution in [0, 0.1) is 6.92 Å². The molecule has 122 valence electrons. The molecule has 0 unspecified atom stereocenters. The van der Waals surface area contributed by atoms with Crippen LogP contribution in [-0.4, -0.2) is 35.1 Å². The van der Waals surface area contributed by atoms with E-state index in [-0.39, 0.29) is 5.91 Å². The molecule has 2 aromatic rings. The van der Waals surface area contributed by atoms with E-state index in [4.69, 9.17) is 16.1 Å². The number of nitrogens with zero attached hydrogens (tertiary/aromatic N) is 2. The quantitative estimate of drug-likeness (QED) is 0.912. The molecular formula is C17H20ClN3O2. The fraction of sp³-hybridized carbons (Fsp3) is 0.412. The van der Waals surface area contributed by atoms with Crippen molar-refractivity contribution in [2.45, 2.75) is 32.2 Å². The number of hydrogen-bond donors (Lipinski definition) is 1. The van der Waals surface area contributed by atoms with Gasteiger partial charge < -0.3 is 4.52 Å². The van der Waals surface area contributed by atoms with Gasteiger partial charge in [0.05, 0.1) is 12.2 Å². The Morgan fingerprint density at radius 3 is 3.04 bits per heavy atom. The second kappa shape index (κ2) is 7.15. The van der Waals surface area contributed by atoms with Gasteiger partial charge in [-0.25, -0.2) is 0 Å². The fourth-order valence-electron chi connectivity index (χ4n) is 3.04. The summed E-state index contributed by atoms with van der Waals surface area (Å²) in [7, 11) is 0. The number of amides is 1. The third kappa shape index (κ3) is 4.12. The van der Waals surface area contributed by atoms with Crippen LogP contribution in [0.1, 0.15) is 24.1 Å². The van der Waals surface area contributed by atoms with Gasteiger partial charge in [-0.2, -0.15) is 0 Å². The number of aryl methyl sites for hydroxylation is 1. The number of halogens is 1. The molecule has 1 atom stereocenters.